The molecule has 3 aliphatic rings. The number of hydrogen-bond donors (Lipinski definition) is 1. The van der Waals surface area contributed by atoms with Crippen molar-refractivity contribution in [2.75, 3.05) is 19.6 Å². The molecule has 3 unspecified atom stereocenters. The van der Waals surface area contributed by atoms with Crippen LogP contribution in [-0.2, 0) is 6.42 Å². The van der Waals surface area contributed by atoms with Gasteiger partial charge in [0.1, 0.15) is 0 Å². The molecule has 2 nitrogen and oxygen atoms in total. The Balaban J connectivity index is 1.45. The summed E-state index contributed by atoms with van der Waals surface area (Å²) in [5.41, 5.74) is 3.19. The van der Waals surface area contributed by atoms with E-state index in [2.05, 4.69) is 48.3 Å². The fourth-order valence-electron chi connectivity index (χ4n) is 4.34. The molecule has 0 radical (unpaired) electrons. The van der Waals surface area contributed by atoms with Gasteiger partial charge in [-0.2, -0.15) is 0 Å². The second-order valence-electron chi connectivity index (χ2n) is 7.72. The van der Waals surface area contributed by atoms with Gasteiger partial charge in [0.2, 0.25) is 0 Å². The molecule has 21 heavy (non-hydrogen) atoms. The van der Waals surface area contributed by atoms with Crippen LogP contribution >= 0.6 is 0 Å². The SMILES string of the molecule is CC(C)C1CNC(C2CC2)CN1CC1Cc2ccccc21. The molecule has 0 aromatic heterocycles. The van der Waals surface area contributed by atoms with Crippen molar-refractivity contribution in [2.24, 2.45) is 11.8 Å². The summed E-state index contributed by atoms with van der Waals surface area (Å²) < 4.78 is 0. The van der Waals surface area contributed by atoms with Gasteiger partial charge in [0.15, 0.2) is 0 Å². The topological polar surface area (TPSA) is 15.3 Å². The molecule has 3 atom stereocenters. The smallest absolute Gasteiger partial charge is 0.0244 e. The second-order valence-corrected chi connectivity index (χ2v) is 7.72. The molecule has 1 aromatic rings. The van der Waals surface area contributed by atoms with E-state index >= 15 is 0 Å². The first-order valence-electron chi connectivity index (χ1n) is 8.77. The summed E-state index contributed by atoms with van der Waals surface area (Å²) in [6.45, 7) is 8.49. The van der Waals surface area contributed by atoms with Crippen LogP contribution in [0.4, 0.5) is 0 Å². The summed E-state index contributed by atoms with van der Waals surface area (Å²) in [5, 5.41) is 3.83. The molecule has 1 N–H and O–H groups in total. The highest BCUT2D eigenvalue weighted by Crippen LogP contribution is 2.38. The van der Waals surface area contributed by atoms with Gasteiger partial charge in [0.05, 0.1) is 0 Å². The first-order chi connectivity index (χ1) is 10.2. The molecule has 1 heterocycles. The molecule has 2 fully saturated rings. The molecule has 0 spiro atoms. The van der Waals surface area contributed by atoms with E-state index in [1.165, 1.54) is 38.9 Å². The number of nitrogens with one attached hydrogen (secondary N) is 1. The lowest BCUT2D eigenvalue weighted by atomic mass is 9.77. The van der Waals surface area contributed by atoms with Crippen LogP contribution < -0.4 is 5.32 Å². The van der Waals surface area contributed by atoms with Gasteiger partial charge in [-0.1, -0.05) is 38.1 Å². The van der Waals surface area contributed by atoms with Crippen LogP contribution in [-0.4, -0.2) is 36.6 Å². The molecule has 1 saturated carbocycles. The standard InChI is InChI=1S/C19H28N2/c1-13(2)19-10-20-18(14-7-8-14)12-21(19)11-16-9-15-5-3-4-6-17(15)16/h3-6,13-14,16,18-20H,7-12H2,1-2H3. The van der Waals surface area contributed by atoms with Gasteiger partial charge in [0, 0.05) is 37.6 Å². The monoisotopic (exact) mass is 284 g/mol. The number of nitrogens with zero attached hydrogens (tertiary/aromatic N) is 1. The molecule has 114 valence electrons. The third kappa shape index (κ3) is 2.64. The summed E-state index contributed by atoms with van der Waals surface area (Å²) in [6, 6.07) is 10.5. The minimum atomic E-state index is 0.716. The molecule has 4 rings (SSSR count). The predicted molar refractivity (Wildman–Crippen MR) is 87.6 cm³/mol. The second kappa shape index (κ2) is 5.40. The molecule has 1 aliphatic heterocycles. The number of benzene rings is 1. The Morgan fingerprint density at radius 2 is 2.05 bits per heavy atom. The maximum Gasteiger partial charge on any atom is 0.0244 e. The van der Waals surface area contributed by atoms with Crippen molar-refractivity contribution in [1.29, 1.82) is 0 Å². The van der Waals surface area contributed by atoms with E-state index in [1.807, 2.05) is 0 Å². The van der Waals surface area contributed by atoms with Crippen LogP contribution in [0.15, 0.2) is 24.3 Å². The normalized spacial score (nSPS) is 32.8. The Hall–Kier alpha value is -0.860. The number of hydrogen-bond acceptors (Lipinski definition) is 2. The molecule has 1 saturated heterocycles. The van der Waals surface area contributed by atoms with Gasteiger partial charge in [-0.05, 0) is 42.2 Å². The summed E-state index contributed by atoms with van der Waals surface area (Å²) in [4.78, 5) is 2.81. The van der Waals surface area contributed by atoms with Gasteiger partial charge in [-0.25, -0.2) is 0 Å². The molecule has 1 aromatic carbocycles. The van der Waals surface area contributed by atoms with E-state index in [0.29, 0.717) is 6.04 Å². The zero-order valence-corrected chi connectivity index (χ0v) is 13.4. The Morgan fingerprint density at radius 1 is 1.24 bits per heavy atom. The Morgan fingerprint density at radius 3 is 2.76 bits per heavy atom. The Kier molecular flexibility index (Phi) is 3.55. The zero-order chi connectivity index (χ0) is 14.4. The predicted octanol–water partition coefficient (Wildman–Crippen LogP) is 3.03. The van der Waals surface area contributed by atoms with Crippen LogP contribution in [0.25, 0.3) is 0 Å². The molecule has 0 amide bonds. The van der Waals surface area contributed by atoms with E-state index in [9.17, 15) is 0 Å². The van der Waals surface area contributed by atoms with Crippen LogP contribution in [0.3, 0.4) is 0 Å². The molecular weight excluding hydrogens is 256 g/mol. The van der Waals surface area contributed by atoms with E-state index in [0.717, 1.165) is 23.8 Å². The van der Waals surface area contributed by atoms with Crippen molar-refractivity contribution in [2.45, 2.75) is 51.1 Å². The minimum Gasteiger partial charge on any atom is -0.311 e. The fraction of sp³-hybridized carbons (Fsp3) is 0.684. The quantitative estimate of drug-likeness (QED) is 0.914. The highest BCUT2D eigenvalue weighted by molar-refractivity contribution is 5.40. The van der Waals surface area contributed by atoms with Gasteiger partial charge in [-0.15, -0.1) is 0 Å². The first-order valence-corrected chi connectivity index (χ1v) is 8.77. The van der Waals surface area contributed by atoms with Crippen molar-refractivity contribution in [3.63, 3.8) is 0 Å². The lowest BCUT2D eigenvalue weighted by Gasteiger charge is -2.45. The van der Waals surface area contributed by atoms with Crippen LogP contribution in [0.2, 0.25) is 0 Å². The summed E-state index contributed by atoms with van der Waals surface area (Å²) in [6.07, 6.45) is 4.19. The van der Waals surface area contributed by atoms with Crippen LogP contribution in [0.1, 0.15) is 43.7 Å². The molecular formula is C19H28N2. The van der Waals surface area contributed by atoms with Crippen LogP contribution in [0, 0.1) is 11.8 Å². The van der Waals surface area contributed by atoms with E-state index < -0.39 is 0 Å². The lowest BCUT2D eigenvalue weighted by Crippen LogP contribution is -2.59. The Labute approximate surface area is 128 Å². The average molecular weight is 284 g/mol. The third-order valence-electron chi connectivity index (χ3n) is 5.87. The summed E-state index contributed by atoms with van der Waals surface area (Å²) >= 11 is 0. The van der Waals surface area contributed by atoms with Crippen LogP contribution in [0.5, 0.6) is 0 Å². The fourth-order valence-corrected chi connectivity index (χ4v) is 4.34. The minimum absolute atomic E-state index is 0.716. The van der Waals surface area contributed by atoms with E-state index in [1.54, 1.807) is 11.1 Å². The van der Waals surface area contributed by atoms with Crippen molar-refractivity contribution in [1.82, 2.24) is 10.2 Å². The number of rotatable bonds is 4. The average Bonchev–Trinajstić information content (AvgIpc) is 3.29. The molecule has 2 heteroatoms. The van der Waals surface area contributed by atoms with E-state index in [-0.39, 0.29) is 0 Å². The van der Waals surface area contributed by atoms with Crippen molar-refractivity contribution in [3.05, 3.63) is 35.4 Å². The lowest BCUT2D eigenvalue weighted by molar-refractivity contribution is 0.0832. The van der Waals surface area contributed by atoms with Crippen molar-refractivity contribution >= 4 is 0 Å². The van der Waals surface area contributed by atoms with Crippen molar-refractivity contribution in [3.8, 4) is 0 Å². The molecule has 2 aliphatic carbocycles. The maximum atomic E-state index is 3.83. The van der Waals surface area contributed by atoms with Gasteiger partial charge >= 0.3 is 0 Å². The third-order valence-corrected chi connectivity index (χ3v) is 5.87. The highest BCUT2D eigenvalue weighted by atomic mass is 15.2. The molecule has 0 bridgehead atoms. The van der Waals surface area contributed by atoms with Gasteiger partial charge in [0.25, 0.3) is 0 Å². The Bertz CT molecular complexity index is 506. The summed E-state index contributed by atoms with van der Waals surface area (Å²) in [5.74, 6) is 2.49. The zero-order valence-electron chi connectivity index (χ0n) is 13.4. The highest BCUT2D eigenvalue weighted by Gasteiger charge is 2.39. The van der Waals surface area contributed by atoms with Gasteiger partial charge in [-0.3, -0.25) is 4.90 Å². The first kappa shape index (κ1) is 13.8. The number of piperazine rings is 1. The maximum absolute atomic E-state index is 3.83. The summed E-state index contributed by atoms with van der Waals surface area (Å²) in [7, 11) is 0. The van der Waals surface area contributed by atoms with E-state index in [4.69, 9.17) is 0 Å². The largest absolute Gasteiger partial charge is 0.311 e. The number of fused-ring (bicyclic) bond motifs is 1. The van der Waals surface area contributed by atoms with Gasteiger partial charge < -0.3 is 5.32 Å². The van der Waals surface area contributed by atoms with Crippen molar-refractivity contribution < 1.29 is 0 Å².